The van der Waals surface area contributed by atoms with Gasteiger partial charge in [0.15, 0.2) is 0 Å². The molecule has 0 fully saturated rings. The van der Waals surface area contributed by atoms with Crippen molar-refractivity contribution >= 4 is 23.1 Å². The second-order valence-electron chi connectivity index (χ2n) is 4.69. The average molecular weight is 287 g/mol. The van der Waals surface area contributed by atoms with Crippen LogP contribution >= 0.6 is 23.1 Å². The lowest BCUT2D eigenvalue weighted by atomic mass is 10.2. The number of thiophene rings is 1. The fraction of sp³-hybridized carbons (Fsp3) is 0.714. The molecule has 0 aliphatic heterocycles. The van der Waals surface area contributed by atoms with Crippen LogP contribution in [0.4, 0.5) is 0 Å². The number of rotatable bonds is 9. The van der Waals surface area contributed by atoms with Crippen LogP contribution in [0.3, 0.4) is 0 Å². The van der Waals surface area contributed by atoms with Crippen molar-refractivity contribution in [3.05, 3.63) is 21.9 Å². The molecule has 104 valence electrons. The summed E-state index contributed by atoms with van der Waals surface area (Å²) < 4.78 is 0. The zero-order valence-electron chi connectivity index (χ0n) is 12.0. The first-order valence-corrected chi connectivity index (χ1v) is 8.85. The molecule has 1 aromatic heterocycles. The highest BCUT2D eigenvalue weighted by Gasteiger charge is 2.10. The van der Waals surface area contributed by atoms with Crippen LogP contribution in [0.1, 0.15) is 30.0 Å². The van der Waals surface area contributed by atoms with Crippen LogP contribution in [0.15, 0.2) is 12.1 Å². The highest BCUT2D eigenvalue weighted by Crippen LogP contribution is 2.19. The summed E-state index contributed by atoms with van der Waals surface area (Å²) in [7, 11) is 2.23. The van der Waals surface area contributed by atoms with Crippen molar-refractivity contribution in [1.82, 2.24) is 10.2 Å². The van der Waals surface area contributed by atoms with E-state index in [1.807, 2.05) is 23.1 Å². The third-order valence-corrected chi connectivity index (χ3v) is 4.88. The Morgan fingerprint density at radius 1 is 1.39 bits per heavy atom. The predicted molar refractivity (Wildman–Crippen MR) is 85.6 cm³/mol. The molecule has 2 nitrogen and oxygen atoms in total. The minimum Gasteiger partial charge on any atom is -0.312 e. The van der Waals surface area contributed by atoms with Gasteiger partial charge in [-0.3, -0.25) is 4.90 Å². The van der Waals surface area contributed by atoms with Gasteiger partial charge in [-0.2, -0.15) is 11.8 Å². The lowest BCUT2D eigenvalue weighted by molar-refractivity contribution is 0.247. The first-order chi connectivity index (χ1) is 8.67. The smallest absolute Gasteiger partial charge is 0.0327 e. The molecule has 0 aliphatic carbocycles. The Hall–Kier alpha value is -0.0300. The molecule has 4 heteroatoms. The highest BCUT2D eigenvalue weighted by molar-refractivity contribution is 7.98. The van der Waals surface area contributed by atoms with Gasteiger partial charge >= 0.3 is 0 Å². The van der Waals surface area contributed by atoms with E-state index in [2.05, 4.69) is 49.5 Å². The molecule has 1 rings (SSSR count). The van der Waals surface area contributed by atoms with Gasteiger partial charge in [0.25, 0.3) is 0 Å². The third-order valence-electron chi connectivity index (χ3n) is 3.16. The molecule has 1 unspecified atom stereocenters. The summed E-state index contributed by atoms with van der Waals surface area (Å²) in [6, 6.07) is 5.19. The van der Waals surface area contributed by atoms with Gasteiger partial charge in [-0.05, 0) is 51.1 Å². The van der Waals surface area contributed by atoms with Crippen LogP contribution < -0.4 is 5.32 Å². The molecular formula is C14H26N2S2. The van der Waals surface area contributed by atoms with Crippen molar-refractivity contribution in [2.24, 2.45) is 0 Å². The molecule has 0 aromatic carbocycles. The van der Waals surface area contributed by atoms with Gasteiger partial charge in [-0.25, -0.2) is 0 Å². The molecule has 0 saturated carbocycles. The van der Waals surface area contributed by atoms with Crippen molar-refractivity contribution in [3.8, 4) is 0 Å². The zero-order valence-corrected chi connectivity index (χ0v) is 13.7. The van der Waals surface area contributed by atoms with Crippen molar-refractivity contribution in [3.63, 3.8) is 0 Å². The van der Waals surface area contributed by atoms with Gasteiger partial charge < -0.3 is 5.32 Å². The predicted octanol–water partition coefficient (Wildman–Crippen LogP) is 3.43. The van der Waals surface area contributed by atoms with E-state index < -0.39 is 0 Å². The van der Waals surface area contributed by atoms with Crippen LogP contribution in [0.2, 0.25) is 0 Å². The van der Waals surface area contributed by atoms with Crippen LogP contribution in [0.25, 0.3) is 0 Å². The van der Waals surface area contributed by atoms with Gasteiger partial charge in [0.2, 0.25) is 0 Å². The Morgan fingerprint density at radius 3 is 2.78 bits per heavy atom. The van der Waals surface area contributed by atoms with Crippen molar-refractivity contribution in [2.75, 3.05) is 25.6 Å². The normalized spacial score (nSPS) is 13.2. The van der Waals surface area contributed by atoms with Gasteiger partial charge in [0, 0.05) is 28.9 Å². The van der Waals surface area contributed by atoms with E-state index in [4.69, 9.17) is 0 Å². The first-order valence-electron chi connectivity index (χ1n) is 6.64. The summed E-state index contributed by atoms with van der Waals surface area (Å²) in [4.78, 5) is 5.37. The largest absolute Gasteiger partial charge is 0.312 e. The second kappa shape index (κ2) is 8.97. The summed E-state index contributed by atoms with van der Waals surface area (Å²) >= 11 is 3.87. The molecule has 0 saturated heterocycles. The highest BCUT2D eigenvalue weighted by atomic mass is 32.2. The molecule has 0 radical (unpaired) electrons. The summed E-state index contributed by atoms with van der Waals surface area (Å²) in [6.07, 6.45) is 3.45. The molecule has 0 amide bonds. The Bertz CT molecular complexity index is 325. The van der Waals surface area contributed by atoms with Crippen LogP contribution in [0.5, 0.6) is 0 Å². The monoisotopic (exact) mass is 286 g/mol. The topological polar surface area (TPSA) is 15.3 Å². The summed E-state index contributed by atoms with van der Waals surface area (Å²) in [5.74, 6) is 1.25. The van der Waals surface area contributed by atoms with E-state index in [0.29, 0.717) is 6.04 Å². The molecule has 0 spiro atoms. The van der Waals surface area contributed by atoms with E-state index in [1.165, 1.54) is 21.9 Å². The van der Waals surface area contributed by atoms with Crippen molar-refractivity contribution < 1.29 is 0 Å². The lowest BCUT2D eigenvalue weighted by Crippen LogP contribution is -2.28. The third kappa shape index (κ3) is 5.74. The Labute approximate surface area is 120 Å². The molecule has 1 aromatic rings. The molecule has 1 N–H and O–H groups in total. The zero-order chi connectivity index (χ0) is 13.4. The Kier molecular flexibility index (Phi) is 7.98. The van der Waals surface area contributed by atoms with E-state index in [9.17, 15) is 0 Å². The van der Waals surface area contributed by atoms with E-state index in [1.54, 1.807) is 0 Å². The molecule has 1 heterocycles. The minimum atomic E-state index is 0.664. The van der Waals surface area contributed by atoms with Gasteiger partial charge in [-0.15, -0.1) is 11.3 Å². The fourth-order valence-electron chi connectivity index (χ4n) is 1.76. The minimum absolute atomic E-state index is 0.664. The lowest BCUT2D eigenvalue weighted by Gasteiger charge is -2.23. The maximum atomic E-state index is 3.38. The Morgan fingerprint density at radius 2 is 2.11 bits per heavy atom. The van der Waals surface area contributed by atoms with Crippen molar-refractivity contribution in [1.29, 1.82) is 0 Å². The van der Waals surface area contributed by atoms with Crippen LogP contribution in [-0.2, 0) is 13.1 Å². The van der Waals surface area contributed by atoms with Crippen LogP contribution in [0, 0.1) is 0 Å². The maximum absolute atomic E-state index is 3.38. The van der Waals surface area contributed by atoms with E-state index >= 15 is 0 Å². The second-order valence-corrected chi connectivity index (χ2v) is 6.93. The summed E-state index contributed by atoms with van der Waals surface area (Å²) in [6.45, 7) is 7.59. The van der Waals surface area contributed by atoms with Crippen molar-refractivity contribution in [2.45, 2.75) is 39.4 Å². The summed E-state index contributed by atoms with van der Waals surface area (Å²) in [5, 5.41) is 3.38. The fourth-order valence-corrected chi connectivity index (χ4v) is 3.39. The quantitative estimate of drug-likeness (QED) is 0.749. The van der Waals surface area contributed by atoms with Crippen LogP contribution in [-0.4, -0.2) is 36.5 Å². The molecule has 18 heavy (non-hydrogen) atoms. The van der Waals surface area contributed by atoms with E-state index in [-0.39, 0.29) is 0 Å². The van der Waals surface area contributed by atoms with E-state index in [0.717, 1.165) is 19.6 Å². The molecule has 0 aliphatic rings. The SMILES string of the molecule is CCNCc1ccc(CN(C)C(C)CCSC)s1. The maximum Gasteiger partial charge on any atom is 0.0327 e. The van der Waals surface area contributed by atoms with Gasteiger partial charge in [-0.1, -0.05) is 6.92 Å². The summed E-state index contributed by atoms with van der Waals surface area (Å²) in [5.41, 5.74) is 0. The van der Waals surface area contributed by atoms with Gasteiger partial charge in [0.05, 0.1) is 0 Å². The molecular weight excluding hydrogens is 260 g/mol. The number of hydrogen-bond acceptors (Lipinski definition) is 4. The average Bonchev–Trinajstić information content (AvgIpc) is 2.80. The number of hydrogen-bond donors (Lipinski definition) is 1. The number of nitrogens with one attached hydrogen (secondary N) is 1. The Balaban J connectivity index is 2.38. The first kappa shape index (κ1) is 16.0. The molecule has 0 bridgehead atoms. The van der Waals surface area contributed by atoms with Gasteiger partial charge in [0.1, 0.15) is 0 Å². The number of nitrogens with zero attached hydrogens (tertiary/aromatic N) is 1. The number of thioether (sulfide) groups is 1. The standard InChI is InChI=1S/C14H26N2S2/c1-5-15-10-13-6-7-14(18-13)11-16(3)12(2)8-9-17-4/h6-7,12,15H,5,8-11H2,1-4H3. The molecule has 1 atom stereocenters.